The number of nitro groups is 1. The molecule has 0 bridgehead atoms. The predicted octanol–water partition coefficient (Wildman–Crippen LogP) is 3.72. The van der Waals surface area contributed by atoms with Crippen molar-refractivity contribution < 1.29 is 27.6 Å². The SMILES string of the molecule is COc1cc(/C=N\NC(=O)CN(c2ccccc2)S(=O)(=O)c2ccccc2[N+](=O)[O-])cc(Br)c1OC. The lowest BCUT2D eigenvalue weighted by Gasteiger charge is -2.23. The summed E-state index contributed by atoms with van der Waals surface area (Å²) in [7, 11) is -1.51. The molecule has 36 heavy (non-hydrogen) atoms. The Hall–Kier alpha value is -3.97. The van der Waals surface area contributed by atoms with Crippen LogP contribution in [0.4, 0.5) is 11.4 Å². The van der Waals surface area contributed by atoms with E-state index in [1.807, 2.05) is 0 Å². The van der Waals surface area contributed by atoms with E-state index in [0.717, 1.165) is 16.4 Å². The molecule has 0 heterocycles. The molecule has 3 aromatic carbocycles. The van der Waals surface area contributed by atoms with Crippen LogP contribution < -0.4 is 19.2 Å². The van der Waals surface area contributed by atoms with Crippen molar-refractivity contribution in [1.29, 1.82) is 0 Å². The molecule has 0 aliphatic carbocycles. The maximum Gasteiger partial charge on any atom is 0.289 e. The van der Waals surface area contributed by atoms with Gasteiger partial charge in [0.25, 0.3) is 21.6 Å². The van der Waals surface area contributed by atoms with Crippen LogP contribution >= 0.6 is 15.9 Å². The number of carbonyl (C=O) groups is 1. The van der Waals surface area contributed by atoms with Gasteiger partial charge in [0.15, 0.2) is 16.4 Å². The van der Waals surface area contributed by atoms with Crippen molar-refractivity contribution in [3.63, 3.8) is 0 Å². The number of para-hydroxylation sites is 2. The Morgan fingerprint density at radius 3 is 2.42 bits per heavy atom. The van der Waals surface area contributed by atoms with Crippen LogP contribution in [0.5, 0.6) is 11.5 Å². The Morgan fingerprint density at radius 2 is 1.78 bits per heavy atom. The van der Waals surface area contributed by atoms with E-state index in [4.69, 9.17) is 9.47 Å². The lowest BCUT2D eigenvalue weighted by Crippen LogP contribution is -2.39. The number of benzene rings is 3. The van der Waals surface area contributed by atoms with Crippen molar-refractivity contribution >= 4 is 49.4 Å². The Labute approximate surface area is 215 Å². The largest absolute Gasteiger partial charge is 0.493 e. The molecule has 3 aromatic rings. The highest BCUT2D eigenvalue weighted by Gasteiger charge is 2.33. The molecule has 0 atom stereocenters. The minimum absolute atomic E-state index is 0.151. The summed E-state index contributed by atoms with van der Waals surface area (Å²) in [4.78, 5) is 22.8. The van der Waals surface area contributed by atoms with E-state index >= 15 is 0 Å². The van der Waals surface area contributed by atoms with Crippen LogP contribution in [0.25, 0.3) is 0 Å². The van der Waals surface area contributed by atoms with Gasteiger partial charge in [0.2, 0.25) is 0 Å². The number of hydrogen-bond acceptors (Lipinski definition) is 8. The third-order valence-electron chi connectivity index (χ3n) is 4.82. The Balaban J connectivity index is 1.87. The molecule has 188 valence electrons. The van der Waals surface area contributed by atoms with Crippen LogP contribution in [0.1, 0.15) is 5.56 Å². The first-order valence-electron chi connectivity index (χ1n) is 10.2. The molecule has 13 heteroatoms. The number of amides is 1. The minimum atomic E-state index is -4.48. The number of sulfonamides is 1. The van der Waals surface area contributed by atoms with Gasteiger partial charge >= 0.3 is 0 Å². The highest BCUT2D eigenvalue weighted by Crippen LogP contribution is 2.36. The Kier molecular flexibility index (Phi) is 8.61. The maximum absolute atomic E-state index is 13.4. The number of anilines is 1. The second-order valence-corrected chi connectivity index (χ2v) is 9.79. The van der Waals surface area contributed by atoms with E-state index in [2.05, 4.69) is 26.5 Å². The zero-order chi connectivity index (χ0) is 26.3. The number of hydrogen-bond donors (Lipinski definition) is 1. The monoisotopic (exact) mass is 576 g/mol. The lowest BCUT2D eigenvalue weighted by molar-refractivity contribution is -0.387. The van der Waals surface area contributed by atoms with Crippen molar-refractivity contribution in [1.82, 2.24) is 5.43 Å². The molecular weight excluding hydrogens is 556 g/mol. The summed E-state index contributed by atoms with van der Waals surface area (Å²) < 4.78 is 38.8. The van der Waals surface area contributed by atoms with Gasteiger partial charge in [0.1, 0.15) is 6.54 Å². The molecule has 11 nitrogen and oxygen atoms in total. The topological polar surface area (TPSA) is 140 Å². The van der Waals surface area contributed by atoms with E-state index in [1.165, 1.54) is 44.7 Å². The number of ether oxygens (including phenoxy) is 2. The van der Waals surface area contributed by atoms with E-state index in [9.17, 15) is 23.3 Å². The van der Waals surface area contributed by atoms with Crippen molar-refractivity contribution in [3.05, 3.63) is 86.9 Å². The van der Waals surface area contributed by atoms with Gasteiger partial charge in [0.05, 0.1) is 35.5 Å². The minimum Gasteiger partial charge on any atom is -0.493 e. The Morgan fingerprint density at radius 1 is 1.11 bits per heavy atom. The number of rotatable bonds is 10. The molecule has 0 unspecified atom stereocenters. The smallest absolute Gasteiger partial charge is 0.289 e. The van der Waals surface area contributed by atoms with E-state index < -0.39 is 38.0 Å². The molecule has 1 amide bonds. The van der Waals surface area contributed by atoms with E-state index in [-0.39, 0.29) is 5.69 Å². The highest BCUT2D eigenvalue weighted by atomic mass is 79.9. The van der Waals surface area contributed by atoms with Crippen LogP contribution in [0, 0.1) is 10.1 Å². The van der Waals surface area contributed by atoms with Gasteiger partial charge in [-0.2, -0.15) is 5.10 Å². The number of methoxy groups -OCH3 is 2. The van der Waals surface area contributed by atoms with Crippen molar-refractivity contribution in [2.45, 2.75) is 4.90 Å². The summed E-state index contributed by atoms with van der Waals surface area (Å²) in [5, 5.41) is 15.3. The average Bonchev–Trinajstić information content (AvgIpc) is 2.87. The summed E-state index contributed by atoms with van der Waals surface area (Å²) in [5.74, 6) is 0.152. The van der Waals surface area contributed by atoms with Gasteiger partial charge in [0, 0.05) is 6.07 Å². The summed E-state index contributed by atoms with van der Waals surface area (Å²) in [6, 6.07) is 16.0. The number of carbonyl (C=O) groups excluding carboxylic acids is 1. The third kappa shape index (κ3) is 5.98. The molecule has 0 spiro atoms. The maximum atomic E-state index is 13.4. The van der Waals surface area contributed by atoms with E-state index in [0.29, 0.717) is 21.5 Å². The average molecular weight is 577 g/mol. The van der Waals surface area contributed by atoms with Gasteiger partial charge in [-0.3, -0.25) is 19.2 Å². The molecule has 0 saturated heterocycles. The lowest BCUT2D eigenvalue weighted by atomic mass is 10.2. The molecule has 0 radical (unpaired) electrons. The molecule has 0 aromatic heterocycles. The molecule has 0 fully saturated rings. The summed E-state index contributed by atoms with van der Waals surface area (Å²) >= 11 is 3.36. The predicted molar refractivity (Wildman–Crippen MR) is 137 cm³/mol. The molecule has 0 saturated carbocycles. The Bertz CT molecular complexity index is 1400. The number of nitrogens with one attached hydrogen (secondary N) is 1. The first-order chi connectivity index (χ1) is 17.2. The molecule has 0 aliphatic heterocycles. The normalized spacial score (nSPS) is 11.2. The van der Waals surface area contributed by atoms with Crippen LogP contribution in [-0.4, -0.2) is 46.2 Å². The number of nitrogens with zero attached hydrogens (tertiary/aromatic N) is 3. The first kappa shape index (κ1) is 26.6. The van der Waals surface area contributed by atoms with Gasteiger partial charge in [-0.05, 0) is 51.8 Å². The second-order valence-electron chi connectivity index (χ2n) is 7.10. The molecule has 0 aliphatic rings. The third-order valence-corrected chi connectivity index (χ3v) is 7.23. The molecule has 3 rings (SSSR count). The van der Waals surface area contributed by atoms with Crippen molar-refractivity contribution in [2.24, 2.45) is 5.10 Å². The summed E-state index contributed by atoms with van der Waals surface area (Å²) in [6.07, 6.45) is 1.34. The zero-order valence-corrected chi connectivity index (χ0v) is 21.5. The fourth-order valence-electron chi connectivity index (χ4n) is 3.21. The number of halogens is 1. The van der Waals surface area contributed by atoms with E-state index in [1.54, 1.807) is 30.3 Å². The van der Waals surface area contributed by atoms with Crippen LogP contribution in [0.15, 0.2) is 81.2 Å². The fraction of sp³-hybridized carbons (Fsp3) is 0.130. The number of nitro benzene ring substituents is 1. The van der Waals surface area contributed by atoms with Gasteiger partial charge in [-0.25, -0.2) is 13.8 Å². The van der Waals surface area contributed by atoms with Crippen molar-refractivity contribution in [2.75, 3.05) is 25.1 Å². The molecular formula is C23H21BrN4O7S. The van der Waals surface area contributed by atoms with Gasteiger partial charge in [-0.15, -0.1) is 0 Å². The van der Waals surface area contributed by atoms with Crippen LogP contribution in [0.2, 0.25) is 0 Å². The van der Waals surface area contributed by atoms with Crippen LogP contribution in [0.3, 0.4) is 0 Å². The molecule has 1 N–H and O–H groups in total. The van der Waals surface area contributed by atoms with Gasteiger partial charge in [-0.1, -0.05) is 30.3 Å². The van der Waals surface area contributed by atoms with Gasteiger partial charge < -0.3 is 9.47 Å². The zero-order valence-electron chi connectivity index (χ0n) is 19.1. The fourth-order valence-corrected chi connectivity index (χ4v) is 5.41. The number of hydrazone groups is 1. The van der Waals surface area contributed by atoms with Crippen LogP contribution in [-0.2, 0) is 14.8 Å². The van der Waals surface area contributed by atoms with Crippen molar-refractivity contribution in [3.8, 4) is 11.5 Å². The first-order valence-corrected chi connectivity index (χ1v) is 12.5. The quantitative estimate of drug-likeness (QED) is 0.220. The summed E-state index contributed by atoms with van der Waals surface area (Å²) in [6.45, 7) is -0.675. The second kappa shape index (κ2) is 11.6. The highest BCUT2D eigenvalue weighted by molar-refractivity contribution is 9.10. The standard InChI is InChI=1S/C23H21BrN4O7S/c1-34-20-13-16(12-18(24)23(20)35-2)14-25-26-22(29)15-27(17-8-4-3-5-9-17)36(32,33)21-11-7-6-10-19(21)28(30)31/h3-14H,15H2,1-2H3,(H,26,29)/b25-14-. The summed E-state index contributed by atoms with van der Waals surface area (Å²) in [5.41, 5.74) is 2.39.